The summed E-state index contributed by atoms with van der Waals surface area (Å²) in [7, 11) is 0. The van der Waals surface area contributed by atoms with Crippen molar-refractivity contribution in [2.24, 2.45) is 5.73 Å². The van der Waals surface area contributed by atoms with Gasteiger partial charge >= 0.3 is 6.01 Å². The molecule has 0 fully saturated rings. The molecule has 0 spiro atoms. The van der Waals surface area contributed by atoms with Crippen LogP contribution in [-0.2, 0) is 0 Å². The van der Waals surface area contributed by atoms with Gasteiger partial charge in [0, 0.05) is 18.0 Å². The monoisotopic (exact) mass is 215 g/mol. The number of ether oxygens (including phenoxy) is 1. The van der Waals surface area contributed by atoms with E-state index in [0.29, 0.717) is 11.3 Å². The Labute approximate surface area is 91.9 Å². The molecule has 1 aromatic heterocycles. The van der Waals surface area contributed by atoms with Crippen LogP contribution in [0, 0.1) is 0 Å². The van der Waals surface area contributed by atoms with E-state index in [4.69, 9.17) is 10.5 Å². The zero-order chi connectivity index (χ0) is 11.4. The number of hydrogen-bond donors (Lipinski definition) is 1. The number of aromatic nitrogens is 2. The molecule has 1 aromatic carbocycles. The van der Waals surface area contributed by atoms with E-state index in [9.17, 15) is 4.79 Å². The highest BCUT2D eigenvalue weighted by Crippen LogP contribution is 2.17. The molecule has 0 radical (unpaired) electrons. The smallest absolute Gasteiger partial charge is 0.321 e. The lowest BCUT2D eigenvalue weighted by Gasteiger charge is -2.02. The summed E-state index contributed by atoms with van der Waals surface area (Å²) in [4.78, 5) is 18.6. The molecule has 16 heavy (non-hydrogen) atoms. The molecule has 0 bridgehead atoms. The highest BCUT2D eigenvalue weighted by atomic mass is 16.5. The van der Waals surface area contributed by atoms with Gasteiger partial charge in [0.05, 0.1) is 0 Å². The number of primary amides is 1. The van der Waals surface area contributed by atoms with Crippen LogP contribution in [0.15, 0.2) is 42.7 Å². The number of nitrogens with two attached hydrogens (primary N) is 1. The second-order valence-corrected chi connectivity index (χ2v) is 3.02. The molecule has 0 aliphatic rings. The predicted octanol–water partition coefficient (Wildman–Crippen LogP) is 1.37. The highest BCUT2D eigenvalue weighted by molar-refractivity contribution is 5.92. The molecule has 0 aliphatic heterocycles. The van der Waals surface area contributed by atoms with E-state index in [1.54, 1.807) is 42.7 Å². The van der Waals surface area contributed by atoms with Crippen LogP contribution >= 0.6 is 0 Å². The third kappa shape index (κ3) is 2.33. The summed E-state index contributed by atoms with van der Waals surface area (Å²) in [6.45, 7) is 0. The number of benzene rings is 1. The van der Waals surface area contributed by atoms with Crippen LogP contribution in [0.4, 0.5) is 0 Å². The first-order valence-electron chi connectivity index (χ1n) is 4.60. The van der Waals surface area contributed by atoms with E-state index in [0.717, 1.165) is 0 Å². The average Bonchev–Trinajstić information content (AvgIpc) is 2.31. The van der Waals surface area contributed by atoms with Crippen molar-refractivity contribution in [3.63, 3.8) is 0 Å². The SMILES string of the molecule is NC(=O)c1ccc(Oc2ncccn2)cc1. The van der Waals surface area contributed by atoms with Crippen LogP contribution in [-0.4, -0.2) is 15.9 Å². The lowest BCUT2D eigenvalue weighted by Crippen LogP contribution is -2.10. The quantitative estimate of drug-likeness (QED) is 0.838. The fourth-order valence-electron chi connectivity index (χ4n) is 1.13. The van der Waals surface area contributed by atoms with Crippen LogP contribution in [0.3, 0.4) is 0 Å². The Balaban J connectivity index is 2.14. The molecular weight excluding hydrogens is 206 g/mol. The zero-order valence-corrected chi connectivity index (χ0v) is 8.33. The highest BCUT2D eigenvalue weighted by Gasteiger charge is 2.02. The molecule has 2 rings (SSSR count). The van der Waals surface area contributed by atoms with Gasteiger partial charge in [-0.25, -0.2) is 9.97 Å². The summed E-state index contributed by atoms with van der Waals surface area (Å²) in [5.74, 6) is 0.0821. The zero-order valence-electron chi connectivity index (χ0n) is 8.33. The molecule has 0 atom stereocenters. The Kier molecular flexibility index (Phi) is 2.77. The van der Waals surface area contributed by atoms with Crippen molar-refractivity contribution in [1.82, 2.24) is 9.97 Å². The molecule has 5 nitrogen and oxygen atoms in total. The van der Waals surface area contributed by atoms with Crippen molar-refractivity contribution in [1.29, 1.82) is 0 Å². The first-order chi connectivity index (χ1) is 7.75. The van der Waals surface area contributed by atoms with Gasteiger partial charge in [0.2, 0.25) is 5.91 Å². The van der Waals surface area contributed by atoms with Crippen molar-refractivity contribution < 1.29 is 9.53 Å². The fourth-order valence-corrected chi connectivity index (χ4v) is 1.13. The first-order valence-corrected chi connectivity index (χ1v) is 4.60. The van der Waals surface area contributed by atoms with Gasteiger partial charge in [-0.1, -0.05) is 0 Å². The number of carbonyl (C=O) groups excluding carboxylic acids is 1. The largest absolute Gasteiger partial charge is 0.424 e. The Morgan fingerprint density at radius 2 is 1.75 bits per heavy atom. The molecule has 0 saturated carbocycles. The second kappa shape index (κ2) is 4.39. The maximum absolute atomic E-state index is 10.8. The summed E-state index contributed by atoms with van der Waals surface area (Å²) < 4.78 is 5.34. The predicted molar refractivity (Wildman–Crippen MR) is 57.1 cm³/mol. The Hall–Kier alpha value is -2.43. The molecule has 5 heteroatoms. The minimum Gasteiger partial charge on any atom is -0.424 e. The van der Waals surface area contributed by atoms with Crippen molar-refractivity contribution in [3.05, 3.63) is 48.3 Å². The van der Waals surface area contributed by atoms with Crippen LogP contribution < -0.4 is 10.5 Å². The second-order valence-electron chi connectivity index (χ2n) is 3.02. The molecule has 0 unspecified atom stereocenters. The van der Waals surface area contributed by atoms with E-state index in [1.165, 1.54) is 0 Å². The van der Waals surface area contributed by atoms with Gasteiger partial charge in [-0.05, 0) is 30.3 Å². The van der Waals surface area contributed by atoms with Gasteiger partial charge in [0.25, 0.3) is 0 Å². The third-order valence-corrected chi connectivity index (χ3v) is 1.89. The van der Waals surface area contributed by atoms with Gasteiger partial charge < -0.3 is 10.5 Å². The number of amides is 1. The van der Waals surface area contributed by atoms with E-state index < -0.39 is 5.91 Å². The lowest BCUT2D eigenvalue weighted by atomic mass is 10.2. The van der Waals surface area contributed by atoms with Crippen LogP contribution in [0.25, 0.3) is 0 Å². The standard InChI is InChI=1S/C11H9N3O2/c12-10(15)8-2-4-9(5-3-8)16-11-13-6-1-7-14-11/h1-7H,(H2,12,15). The fraction of sp³-hybridized carbons (Fsp3) is 0. The molecule has 2 aromatic rings. The number of nitrogens with zero attached hydrogens (tertiary/aromatic N) is 2. The number of rotatable bonds is 3. The first kappa shape index (κ1) is 10.1. The summed E-state index contributed by atoms with van der Waals surface area (Å²) in [5.41, 5.74) is 5.54. The van der Waals surface area contributed by atoms with Gasteiger partial charge in [0.1, 0.15) is 5.75 Å². The van der Waals surface area contributed by atoms with Gasteiger partial charge in [-0.3, -0.25) is 4.79 Å². The number of hydrogen-bond acceptors (Lipinski definition) is 4. The third-order valence-electron chi connectivity index (χ3n) is 1.89. The summed E-state index contributed by atoms with van der Waals surface area (Å²) in [5, 5.41) is 0. The molecule has 0 aliphatic carbocycles. The lowest BCUT2D eigenvalue weighted by molar-refractivity contribution is 0.100. The molecule has 1 heterocycles. The van der Waals surface area contributed by atoms with Gasteiger partial charge in [0.15, 0.2) is 0 Å². The van der Waals surface area contributed by atoms with Gasteiger partial charge in [-0.2, -0.15) is 0 Å². The van der Waals surface area contributed by atoms with Crippen molar-refractivity contribution >= 4 is 5.91 Å². The summed E-state index contributed by atoms with van der Waals surface area (Å²) in [6, 6.07) is 8.39. The molecule has 2 N–H and O–H groups in total. The average molecular weight is 215 g/mol. The Bertz CT molecular complexity index is 482. The molecule has 0 saturated heterocycles. The summed E-state index contributed by atoms with van der Waals surface area (Å²) >= 11 is 0. The maximum atomic E-state index is 10.8. The topological polar surface area (TPSA) is 78.1 Å². The van der Waals surface area contributed by atoms with Crippen LogP contribution in [0.1, 0.15) is 10.4 Å². The Morgan fingerprint density at radius 1 is 1.12 bits per heavy atom. The molecule has 1 amide bonds. The van der Waals surface area contributed by atoms with Crippen molar-refractivity contribution in [2.75, 3.05) is 0 Å². The van der Waals surface area contributed by atoms with E-state index in [-0.39, 0.29) is 6.01 Å². The van der Waals surface area contributed by atoms with E-state index in [1.807, 2.05) is 0 Å². The van der Waals surface area contributed by atoms with Crippen LogP contribution in [0.5, 0.6) is 11.8 Å². The van der Waals surface area contributed by atoms with Crippen molar-refractivity contribution in [2.45, 2.75) is 0 Å². The van der Waals surface area contributed by atoms with Crippen molar-refractivity contribution in [3.8, 4) is 11.8 Å². The summed E-state index contributed by atoms with van der Waals surface area (Å²) in [6.07, 6.45) is 3.17. The van der Waals surface area contributed by atoms with E-state index >= 15 is 0 Å². The van der Waals surface area contributed by atoms with Crippen LogP contribution in [0.2, 0.25) is 0 Å². The Morgan fingerprint density at radius 3 is 2.31 bits per heavy atom. The molecule has 80 valence electrons. The number of carbonyl (C=O) groups is 1. The maximum Gasteiger partial charge on any atom is 0.321 e. The minimum absolute atomic E-state index is 0.259. The minimum atomic E-state index is -0.470. The van der Waals surface area contributed by atoms with E-state index in [2.05, 4.69) is 9.97 Å². The normalized spacial score (nSPS) is 9.75. The molecular formula is C11H9N3O2. The van der Waals surface area contributed by atoms with Gasteiger partial charge in [-0.15, -0.1) is 0 Å².